The number of ether oxygens (including phenoxy) is 3. The monoisotopic (exact) mass is 449 g/mol. The Balaban J connectivity index is 1.46. The van der Waals surface area contributed by atoms with Gasteiger partial charge in [0.15, 0.2) is 5.78 Å². The Morgan fingerprint density at radius 3 is 2.52 bits per heavy atom. The summed E-state index contributed by atoms with van der Waals surface area (Å²) in [6, 6.07) is 9.90. The fraction of sp³-hybridized carbons (Fsp3) is 0.500. The van der Waals surface area contributed by atoms with E-state index in [2.05, 4.69) is 25.8 Å². The molecule has 7 heteroatoms. The molecule has 0 radical (unpaired) electrons. The second-order valence-electron chi connectivity index (χ2n) is 9.87. The van der Waals surface area contributed by atoms with Crippen LogP contribution in [0.5, 0.6) is 5.75 Å². The number of benzene rings is 1. The number of hydrogen-bond acceptors (Lipinski definition) is 7. The molecule has 1 unspecified atom stereocenters. The van der Waals surface area contributed by atoms with Crippen molar-refractivity contribution in [3.8, 4) is 5.75 Å². The minimum Gasteiger partial charge on any atom is -0.487 e. The maximum Gasteiger partial charge on any atom is 0.283 e. The van der Waals surface area contributed by atoms with E-state index in [1.807, 2.05) is 36.5 Å². The van der Waals surface area contributed by atoms with E-state index in [1.165, 1.54) is 0 Å². The Hall–Kier alpha value is -2.93. The number of fused-ring (bicyclic) bond motifs is 3. The van der Waals surface area contributed by atoms with Gasteiger partial charge in [-0.15, -0.1) is 0 Å². The standard InChI is InChI=1S/C26H31N3O4/c1-4-5-6-17-7-9-20(28-13-17)21(30)12-18-8-10-22-19(11-18)26(16-32-23(27)29-26)25(14-31-15-25)24(2,3)33-22/h7-11,13H,4-6,12,14-16H2,1-3H3,(H2,27,29). The lowest BCUT2D eigenvalue weighted by molar-refractivity contribution is -0.247. The maximum absolute atomic E-state index is 13.0. The van der Waals surface area contributed by atoms with Gasteiger partial charge < -0.3 is 19.9 Å². The molecule has 4 heterocycles. The van der Waals surface area contributed by atoms with Gasteiger partial charge in [0.1, 0.15) is 29.2 Å². The SMILES string of the molecule is CCCCc1ccc(C(=O)Cc2ccc3c(c2)C2(COC(N)=N2)C2(COC2)C(C)(C)O3)nc1. The summed E-state index contributed by atoms with van der Waals surface area (Å²) >= 11 is 0. The third-order valence-electron chi connectivity index (χ3n) is 7.52. The first-order valence-corrected chi connectivity index (χ1v) is 11.7. The molecule has 1 saturated heterocycles. The summed E-state index contributed by atoms with van der Waals surface area (Å²) in [4.78, 5) is 22.2. The molecule has 7 nitrogen and oxygen atoms in total. The van der Waals surface area contributed by atoms with E-state index in [0.29, 0.717) is 25.5 Å². The normalized spacial score (nSPS) is 23.9. The highest BCUT2D eigenvalue weighted by atomic mass is 16.5. The summed E-state index contributed by atoms with van der Waals surface area (Å²) in [5, 5.41) is 0. The number of ketones is 1. The van der Waals surface area contributed by atoms with Crippen LogP contribution in [0.2, 0.25) is 0 Å². The highest BCUT2D eigenvalue weighted by molar-refractivity contribution is 5.95. The maximum atomic E-state index is 13.0. The number of aryl methyl sites for hydroxylation is 1. The van der Waals surface area contributed by atoms with Gasteiger partial charge in [-0.25, -0.2) is 4.99 Å². The van der Waals surface area contributed by atoms with Crippen LogP contribution < -0.4 is 10.5 Å². The van der Waals surface area contributed by atoms with Crippen molar-refractivity contribution in [2.75, 3.05) is 19.8 Å². The lowest BCUT2D eigenvalue weighted by Gasteiger charge is -2.61. The third kappa shape index (κ3) is 3.32. The number of pyridine rings is 1. The number of amidine groups is 1. The molecule has 0 bridgehead atoms. The van der Waals surface area contributed by atoms with E-state index in [0.717, 1.165) is 41.7 Å². The van der Waals surface area contributed by atoms with Crippen LogP contribution >= 0.6 is 0 Å². The lowest BCUT2D eigenvalue weighted by Crippen LogP contribution is -2.71. The van der Waals surface area contributed by atoms with Crippen molar-refractivity contribution < 1.29 is 19.0 Å². The van der Waals surface area contributed by atoms with Crippen molar-refractivity contribution in [3.05, 3.63) is 58.9 Å². The second-order valence-corrected chi connectivity index (χ2v) is 9.87. The molecule has 1 aromatic carbocycles. The van der Waals surface area contributed by atoms with Gasteiger partial charge in [0.05, 0.1) is 18.6 Å². The number of aromatic nitrogens is 1. The highest BCUT2D eigenvalue weighted by Crippen LogP contribution is 2.62. The zero-order valence-electron chi connectivity index (χ0n) is 19.5. The predicted molar refractivity (Wildman–Crippen MR) is 125 cm³/mol. The molecule has 1 aromatic heterocycles. The number of nitrogens with two attached hydrogens (primary N) is 1. The zero-order chi connectivity index (χ0) is 23.3. The molecule has 0 saturated carbocycles. The fourth-order valence-electron chi connectivity index (χ4n) is 5.33. The summed E-state index contributed by atoms with van der Waals surface area (Å²) < 4.78 is 17.8. The van der Waals surface area contributed by atoms with Gasteiger partial charge in [-0.05, 0) is 56.0 Å². The molecule has 5 rings (SSSR count). The number of unbranched alkanes of at least 4 members (excludes halogenated alkanes) is 1. The van der Waals surface area contributed by atoms with Crippen molar-refractivity contribution in [1.82, 2.24) is 4.98 Å². The quantitative estimate of drug-likeness (QED) is 0.677. The number of carbonyl (C=O) groups is 1. The first-order valence-electron chi connectivity index (χ1n) is 11.7. The molecule has 3 aliphatic heterocycles. The van der Waals surface area contributed by atoms with Crippen LogP contribution in [0.3, 0.4) is 0 Å². The second kappa shape index (κ2) is 7.83. The van der Waals surface area contributed by atoms with Crippen LogP contribution in [-0.2, 0) is 27.9 Å². The average molecular weight is 450 g/mol. The Morgan fingerprint density at radius 2 is 1.91 bits per heavy atom. The Morgan fingerprint density at radius 1 is 1.12 bits per heavy atom. The molecule has 0 amide bonds. The van der Waals surface area contributed by atoms with Crippen molar-refractivity contribution in [2.45, 2.75) is 57.6 Å². The summed E-state index contributed by atoms with van der Waals surface area (Å²) in [5.74, 6) is 0.727. The van der Waals surface area contributed by atoms with Gasteiger partial charge in [0.25, 0.3) is 6.02 Å². The molecule has 1 atom stereocenters. The van der Waals surface area contributed by atoms with E-state index in [4.69, 9.17) is 24.9 Å². The Labute approximate surface area is 194 Å². The summed E-state index contributed by atoms with van der Waals surface area (Å²) in [5.41, 5.74) is 7.82. The molecule has 0 aliphatic carbocycles. The fourth-order valence-corrected chi connectivity index (χ4v) is 5.33. The largest absolute Gasteiger partial charge is 0.487 e. The smallest absolute Gasteiger partial charge is 0.283 e. The van der Waals surface area contributed by atoms with Gasteiger partial charge in [-0.1, -0.05) is 25.5 Å². The topological polar surface area (TPSA) is 96.0 Å². The van der Waals surface area contributed by atoms with Crippen molar-refractivity contribution in [2.24, 2.45) is 16.1 Å². The number of rotatable bonds is 6. The molecule has 33 heavy (non-hydrogen) atoms. The first kappa shape index (κ1) is 21.9. The van der Waals surface area contributed by atoms with Gasteiger partial charge in [-0.3, -0.25) is 9.78 Å². The lowest BCUT2D eigenvalue weighted by atomic mass is 9.55. The van der Waals surface area contributed by atoms with Crippen LogP contribution in [0.25, 0.3) is 0 Å². The minimum atomic E-state index is -0.704. The molecule has 1 fully saturated rings. The third-order valence-corrected chi connectivity index (χ3v) is 7.52. The molecule has 2 aromatic rings. The highest BCUT2D eigenvalue weighted by Gasteiger charge is 2.71. The summed E-state index contributed by atoms with van der Waals surface area (Å²) in [6.07, 6.45) is 5.30. The minimum absolute atomic E-state index is 0.0181. The summed E-state index contributed by atoms with van der Waals surface area (Å²) in [7, 11) is 0. The number of aliphatic imine (C=N–C) groups is 1. The van der Waals surface area contributed by atoms with Crippen molar-refractivity contribution in [3.63, 3.8) is 0 Å². The number of hydrogen-bond donors (Lipinski definition) is 1. The molecule has 2 N–H and O–H groups in total. The molecule has 3 aliphatic rings. The Kier molecular flexibility index (Phi) is 5.20. The van der Waals surface area contributed by atoms with E-state index in [9.17, 15) is 4.79 Å². The number of carbonyl (C=O) groups excluding carboxylic acids is 1. The Bertz CT molecular complexity index is 1110. The van der Waals surface area contributed by atoms with Gasteiger partial charge in [-0.2, -0.15) is 0 Å². The van der Waals surface area contributed by atoms with Crippen LogP contribution in [-0.4, -0.2) is 42.2 Å². The van der Waals surface area contributed by atoms with Gasteiger partial charge >= 0.3 is 0 Å². The van der Waals surface area contributed by atoms with Crippen LogP contribution in [0, 0.1) is 5.41 Å². The molecular weight excluding hydrogens is 418 g/mol. The predicted octanol–water partition coefficient (Wildman–Crippen LogP) is 3.58. The first-order chi connectivity index (χ1) is 15.8. The van der Waals surface area contributed by atoms with E-state index in [1.54, 1.807) is 0 Å². The van der Waals surface area contributed by atoms with E-state index >= 15 is 0 Å². The molecular formula is C26H31N3O4. The van der Waals surface area contributed by atoms with E-state index in [-0.39, 0.29) is 18.2 Å². The van der Waals surface area contributed by atoms with Crippen LogP contribution in [0.15, 0.2) is 41.5 Å². The number of Topliss-reactive ketones (excluding diaryl/α,β-unsaturated/α-hetero) is 1. The number of nitrogens with zero attached hydrogens (tertiary/aromatic N) is 2. The average Bonchev–Trinajstić information content (AvgIpc) is 3.13. The zero-order valence-corrected chi connectivity index (χ0v) is 19.5. The van der Waals surface area contributed by atoms with Crippen LogP contribution in [0.1, 0.15) is 60.8 Å². The van der Waals surface area contributed by atoms with Crippen LogP contribution in [0.4, 0.5) is 0 Å². The molecule has 174 valence electrons. The molecule has 2 spiro atoms. The van der Waals surface area contributed by atoms with E-state index < -0.39 is 16.6 Å². The summed E-state index contributed by atoms with van der Waals surface area (Å²) in [6.45, 7) is 7.65. The van der Waals surface area contributed by atoms with Crippen molar-refractivity contribution >= 4 is 11.8 Å². The van der Waals surface area contributed by atoms with Gasteiger partial charge in [0, 0.05) is 18.2 Å². The van der Waals surface area contributed by atoms with Crippen molar-refractivity contribution in [1.29, 1.82) is 0 Å². The van der Waals surface area contributed by atoms with Gasteiger partial charge in [0.2, 0.25) is 0 Å².